The number of fused-ring (bicyclic) bond motifs is 10. The van der Waals surface area contributed by atoms with Crippen molar-refractivity contribution in [3.63, 3.8) is 0 Å². The van der Waals surface area contributed by atoms with Gasteiger partial charge in [0.25, 0.3) is 0 Å². The minimum atomic E-state index is -0.202. The summed E-state index contributed by atoms with van der Waals surface area (Å²) in [4.78, 5) is 4.97. The van der Waals surface area contributed by atoms with Crippen LogP contribution in [0.25, 0.3) is 131 Å². The minimum absolute atomic E-state index is 0.0656. The monoisotopic (exact) mass is 1460 g/mol. The highest BCUT2D eigenvalue weighted by Gasteiger charge is 2.41. The second-order valence-electron chi connectivity index (χ2n) is 34.7. The third-order valence-electron chi connectivity index (χ3n) is 26.0. The summed E-state index contributed by atoms with van der Waals surface area (Å²) >= 11 is 0. The zero-order valence-corrected chi connectivity index (χ0v) is 66.1. The van der Waals surface area contributed by atoms with E-state index in [1.54, 1.807) is 0 Å². The number of anilines is 6. The summed E-state index contributed by atoms with van der Waals surface area (Å²) in [5.41, 5.74) is 28.3. The minimum Gasteiger partial charge on any atom is -0.310 e. The molecule has 0 heterocycles. The van der Waals surface area contributed by atoms with Crippen molar-refractivity contribution in [2.75, 3.05) is 9.80 Å². The first-order valence-electron chi connectivity index (χ1n) is 40.9. The van der Waals surface area contributed by atoms with Crippen molar-refractivity contribution >= 4 is 98.8 Å². The van der Waals surface area contributed by atoms with Crippen molar-refractivity contribution in [2.24, 2.45) is 0 Å². The Kier molecular flexibility index (Phi) is 17.1. The fourth-order valence-electron chi connectivity index (χ4n) is 19.5. The van der Waals surface area contributed by atoms with Gasteiger partial charge >= 0.3 is 0 Å². The molecule has 0 aliphatic heterocycles. The molecule has 2 aliphatic rings. The number of benzene rings is 18. The smallest absolute Gasteiger partial charge is 0.0470 e. The van der Waals surface area contributed by atoms with Crippen LogP contribution in [0.2, 0.25) is 0 Å². The highest BCUT2D eigenvalue weighted by Crippen LogP contribution is 2.53. The zero-order chi connectivity index (χ0) is 77.0. The van der Waals surface area contributed by atoms with Crippen LogP contribution in [0.1, 0.15) is 102 Å². The van der Waals surface area contributed by atoms with Crippen molar-refractivity contribution in [1.29, 1.82) is 0 Å². The number of nitrogens with zero attached hydrogens (tertiary/aromatic N) is 2. The van der Waals surface area contributed by atoms with Gasteiger partial charge in [-0.25, -0.2) is 0 Å². The number of hydrogen-bond acceptors (Lipinski definition) is 2. The van der Waals surface area contributed by atoms with Gasteiger partial charge in [-0.3, -0.25) is 0 Å². The Morgan fingerprint density at radius 2 is 0.596 bits per heavy atom. The summed E-state index contributed by atoms with van der Waals surface area (Å²) in [5.74, 6) is 0. The van der Waals surface area contributed by atoms with E-state index in [9.17, 15) is 0 Å². The summed E-state index contributed by atoms with van der Waals surface area (Å²) in [6, 6.07) is 140. The molecule has 0 amide bonds. The van der Waals surface area contributed by atoms with Crippen LogP contribution in [0, 0.1) is 0 Å². The lowest BCUT2D eigenvalue weighted by atomic mass is 9.60. The van der Waals surface area contributed by atoms with E-state index in [4.69, 9.17) is 0 Å². The van der Waals surface area contributed by atoms with Crippen molar-refractivity contribution in [2.45, 2.75) is 102 Å². The van der Waals surface area contributed by atoms with Crippen molar-refractivity contribution < 1.29 is 0 Å². The molecule has 114 heavy (non-hydrogen) atoms. The van der Waals surface area contributed by atoms with Crippen LogP contribution in [-0.4, -0.2) is 0 Å². The predicted molar refractivity (Wildman–Crippen MR) is 489 cm³/mol. The molecule has 0 radical (unpaired) electrons. The molecule has 0 fully saturated rings. The van der Waals surface area contributed by atoms with Crippen LogP contribution < -0.4 is 9.80 Å². The third-order valence-corrected chi connectivity index (χ3v) is 26.0. The molecule has 2 nitrogen and oxygen atoms in total. The second kappa shape index (κ2) is 27.8. The summed E-state index contributed by atoms with van der Waals surface area (Å²) in [6.45, 7) is 17.2. The predicted octanol–water partition coefficient (Wildman–Crippen LogP) is 31.5. The molecule has 0 bridgehead atoms. The van der Waals surface area contributed by atoms with Crippen LogP contribution in [0.4, 0.5) is 34.1 Å². The van der Waals surface area contributed by atoms with Gasteiger partial charge in [-0.1, -0.05) is 328 Å². The molecule has 18 aromatic carbocycles. The van der Waals surface area contributed by atoms with E-state index in [1.807, 2.05) is 0 Å². The SMILES string of the molecule is CC1(C)CCC(C)(C)c2cc(-c3ccc(N(c4cccc(-c5cccc6ccccc56)c4)c4cc(CC5(C)CCC(C)(C)c6cc(-c7ccc(N(c8ccc(-c9cc%10ccccc%10c%10ccccc9%10)cc8)c8cccc(-c9ccc%10ccccc%10c9)c8)cc7)ccc65)cc(-c5cc6ccccc6c6ccccc56)c4)cc3)ccc21. The highest BCUT2D eigenvalue weighted by atomic mass is 15.1. The molecule has 0 saturated carbocycles. The first-order chi connectivity index (χ1) is 55.5. The molecule has 18 aromatic rings. The van der Waals surface area contributed by atoms with Gasteiger partial charge in [0.1, 0.15) is 0 Å². The van der Waals surface area contributed by atoms with Gasteiger partial charge in [0.2, 0.25) is 0 Å². The molecule has 550 valence electrons. The fourth-order valence-corrected chi connectivity index (χ4v) is 19.5. The lowest BCUT2D eigenvalue weighted by Crippen LogP contribution is -2.37. The molecule has 0 spiro atoms. The summed E-state index contributed by atoms with van der Waals surface area (Å²) in [7, 11) is 0. The lowest BCUT2D eigenvalue weighted by Gasteiger charge is -2.44. The van der Waals surface area contributed by atoms with Gasteiger partial charge in [0.05, 0.1) is 0 Å². The maximum atomic E-state index is 2.56. The Bertz CT molecular complexity index is 6810. The van der Waals surface area contributed by atoms with E-state index in [-0.39, 0.29) is 21.7 Å². The van der Waals surface area contributed by atoms with Crippen LogP contribution in [0.5, 0.6) is 0 Å². The van der Waals surface area contributed by atoms with Crippen molar-refractivity contribution in [1.82, 2.24) is 0 Å². The first-order valence-corrected chi connectivity index (χ1v) is 40.9. The Labute approximate surface area is 670 Å². The van der Waals surface area contributed by atoms with Gasteiger partial charge < -0.3 is 9.80 Å². The van der Waals surface area contributed by atoms with Gasteiger partial charge in [-0.15, -0.1) is 0 Å². The number of rotatable bonds is 14. The molecule has 0 N–H and O–H groups in total. The van der Waals surface area contributed by atoms with Gasteiger partial charge in [-0.2, -0.15) is 0 Å². The van der Waals surface area contributed by atoms with E-state index < -0.39 is 0 Å². The van der Waals surface area contributed by atoms with E-state index in [2.05, 4.69) is 428 Å². The molecule has 0 saturated heterocycles. The van der Waals surface area contributed by atoms with Crippen LogP contribution in [0.3, 0.4) is 0 Å². The van der Waals surface area contributed by atoms with Crippen molar-refractivity contribution in [3.8, 4) is 66.8 Å². The van der Waals surface area contributed by atoms with E-state index >= 15 is 0 Å². The zero-order valence-electron chi connectivity index (χ0n) is 66.1. The van der Waals surface area contributed by atoms with E-state index in [1.165, 1.54) is 172 Å². The molecule has 2 heteroatoms. The molecule has 2 aliphatic carbocycles. The molecular weight excluding hydrogens is 1370 g/mol. The molecule has 20 rings (SSSR count). The van der Waals surface area contributed by atoms with Crippen LogP contribution >= 0.6 is 0 Å². The topological polar surface area (TPSA) is 6.48 Å². The second-order valence-corrected chi connectivity index (χ2v) is 34.7. The van der Waals surface area contributed by atoms with Gasteiger partial charge in [0.15, 0.2) is 0 Å². The molecule has 0 aromatic heterocycles. The maximum Gasteiger partial charge on any atom is 0.0470 e. The Morgan fingerprint density at radius 1 is 0.202 bits per heavy atom. The van der Waals surface area contributed by atoms with E-state index in [0.29, 0.717) is 0 Å². The van der Waals surface area contributed by atoms with Gasteiger partial charge in [0, 0.05) is 34.1 Å². The normalized spacial score (nSPS) is 15.5. The summed E-state index contributed by atoms with van der Waals surface area (Å²) in [5, 5.41) is 15.0. The maximum absolute atomic E-state index is 2.56. The van der Waals surface area contributed by atoms with Crippen molar-refractivity contribution in [3.05, 3.63) is 398 Å². The summed E-state index contributed by atoms with van der Waals surface area (Å²) in [6.07, 6.45) is 5.32. The fraction of sp³-hybridized carbons (Fsp3) is 0.143. The number of hydrogen-bond donors (Lipinski definition) is 0. The molecular formula is C112H92N2. The quantitative estimate of drug-likeness (QED) is 0.100. The van der Waals surface area contributed by atoms with Crippen LogP contribution in [-0.2, 0) is 28.1 Å². The molecule has 1 atom stereocenters. The molecule has 1 unspecified atom stereocenters. The Balaban J connectivity index is 0.692. The summed E-state index contributed by atoms with van der Waals surface area (Å²) < 4.78 is 0. The third kappa shape index (κ3) is 12.6. The van der Waals surface area contributed by atoms with Crippen LogP contribution in [0.15, 0.2) is 370 Å². The van der Waals surface area contributed by atoms with Gasteiger partial charge in [-0.05, 0) is 304 Å². The first kappa shape index (κ1) is 70.3. The largest absolute Gasteiger partial charge is 0.310 e. The average molecular weight is 1470 g/mol. The average Bonchev–Trinajstić information content (AvgIpc) is 0.749. The Hall–Kier alpha value is -12.9. The lowest BCUT2D eigenvalue weighted by molar-refractivity contribution is 0.310. The Morgan fingerprint density at radius 3 is 1.19 bits per heavy atom. The standard InChI is InChI=1S/C112H92N2/c1-109(2)59-60-110(3,4)107-71-83(49-57-105(107)109)76-45-53-91(54-46-76)114(93-32-21-30-85(67-93)96-40-22-28-78-24-10-13-33-95(78)96)94-64-74(63-88(68-94)104-70-87-27-12-15-35-98(87)100-37-17-19-39-102(100)104)73-112(7)62-61-111(5,6)108-72-84(50-58-106(108)112)77-43-51-89(52-44-77)113(92-31-20-29-81(66-92)82-42-41-75-23-8-9-25-80(75)65-82)90-55-47-79(48-56-90)103-69-86-26-11-14-34-97(86)99-36-16-18-38-101(99)103/h8-58,63-72H,59-62,73H2,1-7H3. The highest BCUT2D eigenvalue weighted by molar-refractivity contribution is 6.15. The van der Waals surface area contributed by atoms with E-state index in [0.717, 1.165) is 53.4 Å².